The molecule has 576 valence electrons. The van der Waals surface area contributed by atoms with E-state index in [9.17, 15) is 28.4 Å². The molecule has 11 aromatic carbocycles. The quantitative estimate of drug-likeness (QED) is 0.0143. The summed E-state index contributed by atoms with van der Waals surface area (Å²) in [6, 6.07) is 93.1. The molecular formula is C87H91BrCl3FO16S. The summed E-state index contributed by atoms with van der Waals surface area (Å²) >= 11 is 8.86. The first kappa shape index (κ1) is 93.0. The van der Waals surface area contributed by atoms with E-state index in [2.05, 4.69) is 37.3 Å². The van der Waals surface area contributed by atoms with E-state index in [1.54, 1.807) is 60.7 Å². The SMILES string of the molecule is CCBr.CO.COC(OC)C(=O)Cc1ccc(OCc2ccccc2)cc1.ClCc1ccc(OCc2ccccc2)cc1.O=CC(=O)Cc1ccc(OCc2ccccc2)cc1.O=Cc1ccc(O)cc1.O=Cc1ccc(OCc2ccccc2)cc1.O=S(Cl)Cl.OCc1ccc(OCc2ccccc2)cc1.[2H]CF. The number of hydrogen-bond acceptors (Lipinski definition) is 16. The van der Waals surface area contributed by atoms with Crippen LogP contribution < -0.4 is 23.7 Å². The number of hydrogen-bond donors (Lipinski definition) is 3. The summed E-state index contributed by atoms with van der Waals surface area (Å²) in [6.45, 7) is 4.85. The summed E-state index contributed by atoms with van der Waals surface area (Å²) in [4.78, 5) is 53.6. The van der Waals surface area contributed by atoms with Crippen molar-refractivity contribution in [3.63, 3.8) is 0 Å². The van der Waals surface area contributed by atoms with E-state index in [0.717, 1.165) is 98.3 Å². The van der Waals surface area contributed by atoms with Crippen molar-refractivity contribution in [1.29, 1.82) is 0 Å². The molecule has 0 aliphatic rings. The van der Waals surface area contributed by atoms with Crippen molar-refractivity contribution in [2.24, 2.45) is 0 Å². The minimum atomic E-state index is -1.67. The zero-order valence-electron chi connectivity index (χ0n) is 61.8. The van der Waals surface area contributed by atoms with Gasteiger partial charge in [0.2, 0.25) is 15.5 Å². The minimum absolute atomic E-state index is 0.0684. The molecule has 11 rings (SSSR count). The van der Waals surface area contributed by atoms with Crippen LogP contribution in [0.4, 0.5) is 4.39 Å². The topological polar surface area (TPSA) is 228 Å². The lowest BCUT2D eigenvalue weighted by molar-refractivity contribution is -0.155. The molecule has 0 bridgehead atoms. The van der Waals surface area contributed by atoms with Crippen LogP contribution in [0.15, 0.2) is 297 Å². The van der Waals surface area contributed by atoms with Gasteiger partial charge in [-0.05, 0) is 147 Å². The molecule has 0 fully saturated rings. The van der Waals surface area contributed by atoms with Crippen LogP contribution in [0.25, 0.3) is 0 Å². The second-order valence-electron chi connectivity index (χ2n) is 21.8. The largest absolute Gasteiger partial charge is 0.508 e. The van der Waals surface area contributed by atoms with Crippen LogP contribution in [0.2, 0.25) is 0 Å². The molecule has 0 radical (unpaired) electrons. The zero-order valence-corrected chi connectivity index (χ0v) is 65.5. The minimum Gasteiger partial charge on any atom is -0.508 e. The number of rotatable bonds is 27. The maximum absolute atomic E-state index is 11.9. The fourth-order valence-electron chi connectivity index (χ4n) is 8.56. The van der Waals surface area contributed by atoms with Gasteiger partial charge in [0.15, 0.2) is 17.9 Å². The van der Waals surface area contributed by atoms with E-state index >= 15 is 0 Å². The molecule has 0 spiro atoms. The first-order chi connectivity index (χ1) is 53.5. The van der Waals surface area contributed by atoms with Gasteiger partial charge in [0.25, 0.3) is 0 Å². The molecule has 0 atom stereocenters. The normalized spacial score (nSPS) is 9.72. The third-order valence-electron chi connectivity index (χ3n) is 13.9. The molecule has 16 nitrogen and oxygen atoms in total. The molecule has 0 saturated heterocycles. The predicted octanol–water partition coefficient (Wildman–Crippen LogP) is 19.3. The van der Waals surface area contributed by atoms with Gasteiger partial charge in [-0.1, -0.05) is 223 Å². The highest BCUT2D eigenvalue weighted by Gasteiger charge is 2.17. The molecule has 0 aliphatic carbocycles. The number of aliphatic hydroxyl groups is 2. The van der Waals surface area contributed by atoms with E-state index in [1.807, 2.05) is 231 Å². The lowest BCUT2D eigenvalue weighted by atomic mass is 10.1. The van der Waals surface area contributed by atoms with Crippen LogP contribution >= 0.6 is 48.9 Å². The Kier molecular flexibility index (Phi) is 52.8. The fraction of sp³-hybridized carbons (Fsp3) is 0.184. The Bertz CT molecular complexity index is 4060. The summed E-state index contributed by atoms with van der Waals surface area (Å²) in [5.74, 6) is 4.18. The molecule has 0 heterocycles. The summed E-state index contributed by atoms with van der Waals surface area (Å²) < 4.78 is 62.6. The number of phenolic OH excluding ortho intramolecular Hbond substituents is 1. The van der Waals surface area contributed by atoms with E-state index < -0.39 is 28.5 Å². The Balaban J connectivity index is 0.000000439. The first-order valence-electron chi connectivity index (χ1n) is 34.1. The second kappa shape index (κ2) is 61.8. The Morgan fingerprint density at radius 3 is 0.917 bits per heavy atom. The highest BCUT2D eigenvalue weighted by molar-refractivity contribution is 9.09. The van der Waals surface area contributed by atoms with E-state index in [4.69, 9.17) is 65.7 Å². The smallest absolute Gasteiger partial charge is 0.217 e. The van der Waals surface area contributed by atoms with Gasteiger partial charge in [0.05, 0.1) is 15.1 Å². The summed E-state index contributed by atoms with van der Waals surface area (Å²) in [5, 5.41) is 25.7. The van der Waals surface area contributed by atoms with Crippen LogP contribution in [0, 0.1) is 0 Å². The molecule has 0 unspecified atom stereocenters. The van der Waals surface area contributed by atoms with Gasteiger partial charge in [-0.25, -0.2) is 4.21 Å². The maximum atomic E-state index is 11.9. The number of aliphatic hydroxyl groups excluding tert-OH is 2. The highest BCUT2D eigenvalue weighted by Crippen LogP contribution is 2.20. The molecule has 0 amide bonds. The van der Waals surface area contributed by atoms with Gasteiger partial charge in [-0.2, -0.15) is 0 Å². The van der Waals surface area contributed by atoms with Gasteiger partial charge < -0.3 is 48.5 Å². The first-order valence-corrected chi connectivity index (χ1v) is 37.8. The van der Waals surface area contributed by atoms with Crippen molar-refractivity contribution >= 4 is 88.5 Å². The highest BCUT2D eigenvalue weighted by atomic mass is 79.9. The van der Waals surface area contributed by atoms with Crippen molar-refractivity contribution < 1.29 is 82.4 Å². The van der Waals surface area contributed by atoms with Crippen LogP contribution in [-0.2, 0) is 91.4 Å². The number of aromatic hydroxyl groups is 1. The van der Waals surface area contributed by atoms with Crippen LogP contribution in [0.1, 0.15) is 79.1 Å². The second-order valence-corrected chi connectivity index (χ2v) is 25.7. The summed E-state index contributed by atoms with van der Waals surface area (Å²) in [6.07, 6.45) is 1.50. The molecule has 0 aromatic heterocycles. The van der Waals surface area contributed by atoms with E-state index in [-0.39, 0.29) is 31.0 Å². The Morgan fingerprint density at radius 1 is 0.440 bits per heavy atom. The zero-order chi connectivity index (χ0) is 80.6. The number of Topliss-reactive ketones (excluding diaryl/α,β-unsaturated/α-hetero) is 2. The summed E-state index contributed by atoms with van der Waals surface area (Å²) in [7, 11) is 10.3. The number of carbonyl (C=O) groups excluding carboxylic acids is 5. The predicted molar refractivity (Wildman–Crippen MR) is 436 cm³/mol. The monoisotopic (exact) mass is 1630 g/mol. The van der Waals surface area contributed by atoms with E-state index in [1.165, 1.54) is 31.9 Å². The average Bonchev–Trinajstić information content (AvgIpc) is 0.900. The number of ketones is 2. The maximum Gasteiger partial charge on any atom is 0.217 e. The number of methoxy groups -OCH3 is 2. The third kappa shape index (κ3) is 45.3. The van der Waals surface area contributed by atoms with Crippen molar-refractivity contribution in [2.75, 3.05) is 33.8 Å². The lowest BCUT2D eigenvalue weighted by Crippen LogP contribution is -2.26. The van der Waals surface area contributed by atoms with E-state index in [0.29, 0.717) is 56.3 Å². The number of ether oxygens (including phenoxy) is 7. The molecule has 22 heteroatoms. The van der Waals surface area contributed by atoms with Gasteiger partial charge in [0, 0.05) is 77.9 Å². The number of aldehydes is 3. The van der Waals surface area contributed by atoms with Gasteiger partial charge in [-0.3, -0.25) is 28.4 Å². The number of phenols is 1. The van der Waals surface area contributed by atoms with Crippen molar-refractivity contribution in [3.05, 3.63) is 358 Å². The van der Waals surface area contributed by atoms with Crippen LogP contribution in [-0.4, -0.2) is 90.1 Å². The van der Waals surface area contributed by atoms with Gasteiger partial charge in [-0.15, -0.1) is 11.6 Å². The molecule has 0 aliphatic heterocycles. The Hall–Kier alpha value is -10.2. The van der Waals surface area contributed by atoms with Crippen LogP contribution in [0.5, 0.6) is 34.5 Å². The standard InChI is InChI=1S/C18H20O4.C16H14O3.C14H13ClO.C14H14O2.C14H12O2.C7H6O2.C2H5Br.CH3F.CH4O.Cl2OS/c1-20-18(21-2)17(19)12-14-8-10-16(11-9-14)22-13-15-6-4-3-5-7-15;17-11-15(18)10-13-6-8-16(9-7-13)19-12-14-4-2-1-3-5-14;3*15-10-12-6-8-14(9-7-12)16-11-13-4-2-1-3-5-13;8-5-6-1-3-7(9)4-2-6;1-2-3;2*1-2;1-4(2)3/h3-11,18H,12-13H2,1-2H3;1-9,11H,10,12H2;1-9H,10-11H2;1-9,15H,10-11H2;1-10H,11H2;1-5,9H;2H2,1H3;1H3;2H,1H3;/i;;;;;;;1D;;. The molecule has 3 N–H and O–H groups in total. The molecule has 109 heavy (non-hydrogen) atoms. The van der Waals surface area contributed by atoms with Crippen molar-refractivity contribution in [2.45, 2.75) is 71.6 Å². The molecular weight excluding hydrogens is 1540 g/mol. The van der Waals surface area contributed by atoms with Crippen molar-refractivity contribution in [1.82, 2.24) is 0 Å². The molecule has 11 aromatic rings. The Labute approximate surface area is 664 Å². The van der Waals surface area contributed by atoms with Gasteiger partial charge >= 0.3 is 0 Å². The fourth-order valence-corrected chi connectivity index (χ4v) is 8.74. The molecule has 0 saturated carbocycles. The Morgan fingerprint density at radius 2 is 0.679 bits per heavy atom. The third-order valence-corrected chi connectivity index (χ3v) is 14.2. The number of carbonyl (C=O) groups is 5. The number of benzene rings is 11. The average molecular weight is 1630 g/mol. The number of alkyl halides is 3. The summed E-state index contributed by atoms with van der Waals surface area (Å²) in [5.41, 5.74) is 10.6. The lowest BCUT2D eigenvalue weighted by Gasteiger charge is -2.12. The van der Waals surface area contributed by atoms with Crippen molar-refractivity contribution in [3.8, 4) is 34.5 Å². The van der Waals surface area contributed by atoms with Crippen LogP contribution in [0.3, 0.4) is 0 Å². The van der Waals surface area contributed by atoms with Gasteiger partial charge in [0.1, 0.15) is 80.1 Å². The number of halogens is 5.